The number of piperidine rings is 1. The van der Waals surface area contributed by atoms with Gasteiger partial charge < -0.3 is 4.90 Å². The number of aryl methyl sites for hydroxylation is 1. The number of nitrogens with zero attached hydrogens (tertiary/aromatic N) is 1. The monoisotopic (exact) mass is 412 g/mol. The summed E-state index contributed by atoms with van der Waals surface area (Å²) < 4.78 is 66.0. The molecule has 1 heterocycles. The van der Waals surface area contributed by atoms with E-state index in [1.165, 1.54) is 12.1 Å². The average Bonchev–Trinajstić information content (AvgIpc) is 2.63. The number of rotatable bonds is 4. The number of benzene rings is 2. The zero-order valence-electron chi connectivity index (χ0n) is 15.1. The molecule has 150 valence electrons. The third kappa shape index (κ3) is 4.30. The molecule has 1 aliphatic heterocycles. The summed E-state index contributed by atoms with van der Waals surface area (Å²) in [5.74, 6) is -0.0350. The summed E-state index contributed by atoms with van der Waals surface area (Å²) in [6.07, 6.45) is -2.54. The van der Waals surface area contributed by atoms with Gasteiger partial charge >= 0.3 is 6.18 Å². The Kier molecular flexibility index (Phi) is 5.38. The molecule has 0 atom stereocenters. The van der Waals surface area contributed by atoms with E-state index < -0.39 is 26.7 Å². The van der Waals surface area contributed by atoms with Gasteiger partial charge in [-0.25, -0.2) is 8.42 Å². The molecular formula is C19H19F3N2O3S. The molecule has 5 nitrogen and oxygen atoms in total. The van der Waals surface area contributed by atoms with Crippen LogP contribution in [0.15, 0.2) is 47.4 Å². The molecule has 1 aliphatic rings. The summed E-state index contributed by atoms with van der Waals surface area (Å²) in [4.78, 5) is 13.3. The van der Waals surface area contributed by atoms with Gasteiger partial charge in [-0.2, -0.15) is 13.2 Å². The molecule has 28 heavy (non-hydrogen) atoms. The van der Waals surface area contributed by atoms with E-state index >= 15 is 0 Å². The van der Waals surface area contributed by atoms with E-state index in [4.69, 9.17) is 0 Å². The van der Waals surface area contributed by atoms with Crippen LogP contribution in [0.5, 0.6) is 0 Å². The standard InChI is InChI=1S/C19H19F3N2O3S/c1-13-8-9-15(12-17(13)24-10-3-2-7-18(24)25)23-28(26,27)16-6-4-5-14(11-16)19(20,21)22/h4-6,8-9,11-12,23H,2-3,7,10H2,1H3. The second kappa shape index (κ2) is 7.46. The molecule has 0 aliphatic carbocycles. The first kappa shape index (κ1) is 20.2. The van der Waals surface area contributed by atoms with Gasteiger partial charge in [0.1, 0.15) is 0 Å². The normalized spacial score (nSPS) is 15.6. The van der Waals surface area contributed by atoms with E-state index in [0.717, 1.165) is 36.6 Å². The van der Waals surface area contributed by atoms with Crippen LogP contribution in [0.3, 0.4) is 0 Å². The Balaban J connectivity index is 1.91. The summed E-state index contributed by atoms with van der Waals surface area (Å²) >= 11 is 0. The lowest BCUT2D eigenvalue weighted by atomic mass is 10.1. The number of nitrogens with one attached hydrogen (secondary N) is 1. The zero-order valence-corrected chi connectivity index (χ0v) is 15.9. The van der Waals surface area contributed by atoms with Crippen molar-refractivity contribution >= 4 is 27.3 Å². The van der Waals surface area contributed by atoms with Crippen molar-refractivity contribution in [2.45, 2.75) is 37.3 Å². The van der Waals surface area contributed by atoms with Gasteiger partial charge in [-0.05, 0) is 55.7 Å². The molecule has 0 unspecified atom stereocenters. The second-order valence-corrected chi connectivity index (χ2v) is 8.32. The van der Waals surface area contributed by atoms with Gasteiger partial charge in [-0.15, -0.1) is 0 Å². The van der Waals surface area contributed by atoms with E-state index in [0.29, 0.717) is 24.7 Å². The van der Waals surface area contributed by atoms with E-state index in [1.54, 1.807) is 11.0 Å². The number of anilines is 2. The van der Waals surface area contributed by atoms with Crippen molar-refractivity contribution in [1.82, 2.24) is 0 Å². The molecule has 2 aromatic carbocycles. The van der Waals surface area contributed by atoms with Gasteiger partial charge in [0, 0.05) is 18.7 Å². The van der Waals surface area contributed by atoms with Crippen molar-refractivity contribution in [3.63, 3.8) is 0 Å². The Hall–Kier alpha value is -2.55. The maximum absolute atomic E-state index is 12.9. The van der Waals surface area contributed by atoms with Crippen LogP contribution in [0, 0.1) is 6.92 Å². The molecule has 0 aromatic heterocycles. The largest absolute Gasteiger partial charge is 0.416 e. The molecule has 0 radical (unpaired) electrons. The van der Waals surface area contributed by atoms with Gasteiger partial charge in [-0.1, -0.05) is 12.1 Å². The SMILES string of the molecule is Cc1ccc(NS(=O)(=O)c2cccc(C(F)(F)F)c2)cc1N1CCCCC1=O. The van der Waals surface area contributed by atoms with Crippen molar-refractivity contribution in [1.29, 1.82) is 0 Å². The minimum atomic E-state index is -4.64. The quantitative estimate of drug-likeness (QED) is 0.813. The first-order valence-electron chi connectivity index (χ1n) is 8.69. The summed E-state index contributed by atoms with van der Waals surface area (Å²) in [5.41, 5.74) is 0.529. The Labute approximate surface area is 161 Å². The summed E-state index contributed by atoms with van der Waals surface area (Å²) in [5, 5.41) is 0. The lowest BCUT2D eigenvalue weighted by Crippen LogP contribution is -2.35. The third-order valence-corrected chi connectivity index (χ3v) is 5.93. The van der Waals surface area contributed by atoms with Gasteiger partial charge in [-0.3, -0.25) is 9.52 Å². The van der Waals surface area contributed by atoms with Crippen LogP contribution in [0.2, 0.25) is 0 Å². The van der Waals surface area contributed by atoms with Crippen molar-refractivity contribution in [2.24, 2.45) is 0 Å². The molecule has 1 amide bonds. The van der Waals surface area contributed by atoms with E-state index in [-0.39, 0.29) is 11.6 Å². The van der Waals surface area contributed by atoms with Crippen LogP contribution in [0.25, 0.3) is 0 Å². The number of carbonyl (C=O) groups is 1. The maximum Gasteiger partial charge on any atom is 0.416 e. The average molecular weight is 412 g/mol. The minimum absolute atomic E-state index is 0.0350. The number of carbonyl (C=O) groups excluding carboxylic acids is 1. The number of sulfonamides is 1. The van der Waals surface area contributed by atoms with E-state index in [9.17, 15) is 26.4 Å². The van der Waals surface area contributed by atoms with Crippen LogP contribution in [-0.4, -0.2) is 20.9 Å². The number of alkyl halides is 3. The van der Waals surface area contributed by atoms with Crippen molar-refractivity contribution in [3.05, 3.63) is 53.6 Å². The number of halogens is 3. The Morgan fingerprint density at radius 3 is 2.50 bits per heavy atom. The lowest BCUT2D eigenvalue weighted by Gasteiger charge is -2.28. The summed E-state index contributed by atoms with van der Waals surface area (Å²) in [6, 6.07) is 8.26. The highest BCUT2D eigenvalue weighted by Crippen LogP contribution is 2.32. The smallest absolute Gasteiger partial charge is 0.312 e. The molecule has 1 N–H and O–H groups in total. The molecule has 0 saturated carbocycles. The predicted molar refractivity (Wildman–Crippen MR) is 99.6 cm³/mol. The van der Waals surface area contributed by atoms with Crippen LogP contribution >= 0.6 is 0 Å². The fourth-order valence-electron chi connectivity index (χ4n) is 3.08. The molecular weight excluding hydrogens is 393 g/mol. The maximum atomic E-state index is 12.9. The zero-order chi connectivity index (χ0) is 20.5. The number of hydrogen-bond acceptors (Lipinski definition) is 3. The minimum Gasteiger partial charge on any atom is -0.312 e. The molecule has 0 spiro atoms. The summed E-state index contributed by atoms with van der Waals surface area (Å²) in [7, 11) is -4.22. The van der Waals surface area contributed by atoms with Crippen LogP contribution in [0.1, 0.15) is 30.4 Å². The highest BCUT2D eigenvalue weighted by Gasteiger charge is 2.31. The highest BCUT2D eigenvalue weighted by atomic mass is 32.2. The third-order valence-electron chi connectivity index (χ3n) is 4.55. The highest BCUT2D eigenvalue weighted by molar-refractivity contribution is 7.92. The second-order valence-electron chi connectivity index (χ2n) is 6.63. The molecule has 9 heteroatoms. The topological polar surface area (TPSA) is 66.5 Å². The fourth-order valence-corrected chi connectivity index (χ4v) is 4.17. The molecule has 2 aromatic rings. The van der Waals surface area contributed by atoms with E-state index in [2.05, 4.69) is 4.72 Å². The summed E-state index contributed by atoms with van der Waals surface area (Å²) in [6.45, 7) is 2.35. The number of amides is 1. The molecule has 3 rings (SSSR count). The predicted octanol–water partition coefficient (Wildman–Crippen LogP) is 4.33. The van der Waals surface area contributed by atoms with Crippen molar-refractivity contribution in [3.8, 4) is 0 Å². The Morgan fingerprint density at radius 1 is 1.07 bits per heavy atom. The molecule has 1 fully saturated rings. The van der Waals surface area contributed by atoms with Crippen LogP contribution in [0.4, 0.5) is 24.5 Å². The van der Waals surface area contributed by atoms with Crippen molar-refractivity contribution < 1.29 is 26.4 Å². The Morgan fingerprint density at radius 2 is 1.82 bits per heavy atom. The van der Waals surface area contributed by atoms with Gasteiger partial charge in [0.15, 0.2) is 0 Å². The number of hydrogen-bond donors (Lipinski definition) is 1. The molecule has 0 bridgehead atoms. The van der Waals surface area contributed by atoms with Crippen LogP contribution < -0.4 is 9.62 Å². The van der Waals surface area contributed by atoms with Crippen LogP contribution in [-0.2, 0) is 21.0 Å². The van der Waals surface area contributed by atoms with Gasteiger partial charge in [0.25, 0.3) is 10.0 Å². The van der Waals surface area contributed by atoms with Gasteiger partial charge in [0.05, 0.1) is 16.1 Å². The molecule has 1 saturated heterocycles. The lowest BCUT2D eigenvalue weighted by molar-refractivity contribution is -0.137. The van der Waals surface area contributed by atoms with Crippen molar-refractivity contribution in [2.75, 3.05) is 16.2 Å². The van der Waals surface area contributed by atoms with Gasteiger partial charge in [0.2, 0.25) is 5.91 Å². The Bertz CT molecular complexity index is 1000. The van der Waals surface area contributed by atoms with E-state index in [1.807, 2.05) is 6.92 Å². The fraction of sp³-hybridized carbons (Fsp3) is 0.316. The first-order valence-corrected chi connectivity index (χ1v) is 10.2. The first-order chi connectivity index (χ1) is 13.1.